The fourth-order valence-corrected chi connectivity index (χ4v) is 3.12. The van der Waals surface area contributed by atoms with Gasteiger partial charge in [0.25, 0.3) is 0 Å². The van der Waals surface area contributed by atoms with Crippen LogP contribution >= 0.6 is 0 Å². The molecule has 3 aromatic carbocycles. The predicted octanol–water partition coefficient (Wildman–Crippen LogP) is 6.68. The van der Waals surface area contributed by atoms with Gasteiger partial charge in [0.2, 0.25) is 0 Å². The number of fused-ring (bicyclic) bond motifs is 2. The lowest BCUT2D eigenvalue weighted by Gasteiger charge is -2.07. The van der Waals surface area contributed by atoms with Crippen LogP contribution in [0.25, 0.3) is 33.8 Å². The second kappa shape index (κ2) is 6.52. The van der Waals surface area contributed by atoms with Crippen LogP contribution in [0.3, 0.4) is 0 Å². The third kappa shape index (κ3) is 3.32. The summed E-state index contributed by atoms with van der Waals surface area (Å²) < 4.78 is 0. The number of benzene rings is 3. The summed E-state index contributed by atoms with van der Waals surface area (Å²) in [4.78, 5) is 4.52. The van der Waals surface area contributed by atoms with Gasteiger partial charge in [0.15, 0.2) is 0 Å². The quantitative estimate of drug-likeness (QED) is 0.409. The number of rotatable bonds is 3. The standard InChI is InChI=1S/C24H21N/c1-17(2)21-12-11-20-10-9-18(13-23(20)15-21)7-8-19-14-22-5-3-4-6-24(22)25-16-19/h3-17H,1-2H3. The zero-order chi connectivity index (χ0) is 17.2. The summed E-state index contributed by atoms with van der Waals surface area (Å²) in [6.45, 7) is 4.47. The zero-order valence-electron chi connectivity index (χ0n) is 14.6. The molecule has 25 heavy (non-hydrogen) atoms. The molecule has 0 saturated carbocycles. The monoisotopic (exact) mass is 323 g/mol. The van der Waals surface area contributed by atoms with Crippen molar-refractivity contribution in [2.45, 2.75) is 19.8 Å². The van der Waals surface area contributed by atoms with Crippen molar-refractivity contribution < 1.29 is 0 Å². The van der Waals surface area contributed by atoms with Gasteiger partial charge in [0.05, 0.1) is 5.52 Å². The maximum absolute atomic E-state index is 4.52. The summed E-state index contributed by atoms with van der Waals surface area (Å²) in [5, 5.41) is 3.75. The highest BCUT2D eigenvalue weighted by Crippen LogP contribution is 2.23. The summed E-state index contributed by atoms with van der Waals surface area (Å²) >= 11 is 0. The summed E-state index contributed by atoms with van der Waals surface area (Å²) in [5.41, 5.74) is 4.75. The Morgan fingerprint density at radius 3 is 2.36 bits per heavy atom. The summed E-state index contributed by atoms with van der Waals surface area (Å²) in [7, 11) is 0. The summed E-state index contributed by atoms with van der Waals surface area (Å²) in [5.74, 6) is 0.548. The van der Waals surface area contributed by atoms with Crippen LogP contribution < -0.4 is 0 Å². The number of para-hydroxylation sites is 1. The first-order chi connectivity index (χ1) is 12.2. The molecular weight excluding hydrogens is 302 g/mol. The first-order valence-electron chi connectivity index (χ1n) is 8.76. The molecule has 1 heteroatoms. The average molecular weight is 323 g/mol. The largest absolute Gasteiger partial charge is 0.256 e. The third-order valence-electron chi connectivity index (χ3n) is 4.63. The minimum atomic E-state index is 0.548. The first kappa shape index (κ1) is 15.6. The highest BCUT2D eigenvalue weighted by molar-refractivity contribution is 5.87. The molecule has 0 radical (unpaired) electrons. The van der Waals surface area contributed by atoms with E-state index in [9.17, 15) is 0 Å². The van der Waals surface area contributed by atoms with Gasteiger partial charge in [-0.15, -0.1) is 0 Å². The van der Waals surface area contributed by atoms with Crippen LogP contribution in [-0.2, 0) is 0 Å². The normalized spacial score (nSPS) is 11.8. The van der Waals surface area contributed by atoms with Gasteiger partial charge in [-0.2, -0.15) is 0 Å². The Morgan fingerprint density at radius 2 is 1.48 bits per heavy atom. The van der Waals surface area contributed by atoms with Gasteiger partial charge < -0.3 is 0 Å². The number of nitrogens with zero attached hydrogens (tertiary/aromatic N) is 1. The second-order valence-corrected chi connectivity index (χ2v) is 6.82. The highest BCUT2D eigenvalue weighted by atomic mass is 14.6. The topological polar surface area (TPSA) is 12.9 Å². The zero-order valence-corrected chi connectivity index (χ0v) is 14.6. The summed E-state index contributed by atoms with van der Waals surface area (Å²) in [6.07, 6.45) is 6.22. The molecule has 1 heterocycles. The highest BCUT2D eigenvalue weighted by Gasteiger charge is 2.01. The van der Waals surface area contributed by atoms with E-state index in [-0.39, 0.29) is 0 Å². The predicted molar refractivity (Wildman–Crippen MR) is 109 cm³/mol. The van der Waals surface area contributed by atoms with Crippen molar-refractivity contribution in [3.8, 4) is 0 Å². The Bertz CT molecular complexity index is 1070. The Kier molecular flexibility index (Phi) is 4.07. The lowest BCUT2D eigenvalue weighted by molar-refractivity contribution is 0.869. The van der Waals surface area contributed by atoms with Crippen molar-refractivity contribution in [3.63, 3.8) is 0 Å². The van der Waals surface area contributed by atoms with Crippen LogP contribution in [0.2, 0.25) is 0 Å². The van der Waals surface area contributed by atoms with E-state index in [1.165, 1.54) is 27.3 Å². The molecule has 122 valence electrons. The number of hydrogen-bond donors (Lipinski definition) is 0. The molecule has 0 unspecified atom stereocenters. The number of aromatic nitrogens is 1. The van der Waals surface area contributed by atoms with Gasteiger partial charge in [-0.3, -0.25) is 4.98 Å². The van der Waals surface area contributed by atoms with Crippen LogP contribution in [0.5, 0.6) is 0 Å². The van der Waals surface area contributed by atoms with Gasteiger partial charge >= 0.3 is 0 Å². The Balaban J connectivity index is 1.67. The molecule has 0 bridgehead atoms. The molecule has 0 saturated heterocycles. The molecule has 4 aromatic rings. The molecule has 0 aliphatic heterocycles. The summed E-state index contributed by atoms with van der Waals surface area (Å²) in [6, 6.07) is 23.7. The van der Waals surface area contributed by atoms with Gasteiger partial charge in [-0.25, -0.2) is 0 Å². The first-order valence-corrected chi connectivity index (χ1v) is 8.76. The van der Waals surface area contributed by atoms with Gasteiger partial charge in [-0.1, -0.05) is 74.5 Å². The molecule has 4 rings (SSSR count). The van der Waals surface area contributed by atoms with Crippen molar-refractivity contribution in [1.82, 2.24) is 4.98 Å². The van der Waals surface area contributed by atoms with Crippen molar-refractivity contribution in [3.05, 3.63) is 89.6 Å². The van der Waals surface area contributed by atoms with Crippen molar-refractivity contribution in [2.75, 3.05) is 0 Å². The Morgan fingerprint density at radius 1 is 0.720 bits per heavy atom. The smallest absolute Gasteiger partial charge is 0.0702 e. The Labute approximate surface area is 148 Å². The van der Waals surface area contributed by atoms with E-state index in [0.29, 0.717) is 5.92 Å². The SMILES string of the molecule is CC(C)c1ccc2ccc(C=Cc3cnc4ccccc4c3)cc2c1. The van der Waals surface area contributed by atoms with Crippen LogP contribution in [0.4, 0.5) is 0 Å². The minimum Gasteiger partial charge on any atom is -0.256 e. The van der Waals surface area contributed by atoms with E-state index in [1.54, 1.807) is 0 Å². The average Bonchev–Trinajstić information content (AvgIpc) is 2.65. The lowest BCUT2D eigenvalue weighted by atomic mass is 9.98. The molecule has 0 N–H and O–H groups in total. The van der Waals surface area contributed by atoms with E-state index in [2.05, 4.69) is 79.5 Å². The molecule has 0 amide bonds. The van der Waals surface area contributed by atoms with Gasteiger partial charge in [-0.05, 0) is 51.6 Å². The fraction of sp³-hybridized carbons (Fsp3) is 0.125. The van der Waals surface area contributed by atoms with Crippen LogP contribution in [-0.4, -0.2) is 4.98 Å². The minimum absolute atomic E-state index is 0.548. The van der Waals surface area contributed by atoms with E-state index < -0.39 is 0 Å². The van der Waals surface area contributed by atoms with Crippen LogP contribution in [0, 0.1) is 0 Å². The van der Waals surface area contributed by atoms with E-state index in [1.807, 2.05) is 24.4 Å². The molecular formula is C24H21N. The third-order valence-corrected chi connectivity index (χ3v) is 4.63. The molecule has 0 aliphatic carbocycles. The number of pyridine rings is 1. The van der Waals surface area contributed by atoms with Crippen molar-refractivity contribution in [2.24, 2.45) is 0 Å². The molecule has 0 spiro atoms. The second-order valence-electron chi connectivity index (χ2n) is 6.82. The van der Waals surface area contributed by atoms with Crippen molar-refractivity contribution >= 4 is 33.8 Å². The van der Waals surface area contributed by atoms with Crippen LogP contribution in [0.1, 0.15) is 36.5 Å². The molecule has 1 nitrogen and oxygen atoms in total. The number of hydrogen-bond acceptors (Lipinski definition) is 1. The van der Waals surface area contributed by atoms with E-state index in [0.717, 1.165) is 11.1 Å². The van der Waals surface area contributed by atoms with E-state index in [4.69, 9.17) is 0 Å². The molecule has 0 atom stereocenters. The Hall–Kier alpha value is -2.93. The fourth-order valence-electron chi connectivity index (χ4n) is 3.12. The molecule has 0 aliphatic rings. The lowest BCUT2D eigenvalue weighted by Crippen LogP contribution is -1.87. The molecule has 0 fully saturated rings. The maximum Gasteiger partial charge on any atom is 0.0702 e. The molecule has 1 aromatic heterocycles. The maximum atomic E-state index is 4.52. The van der Waals surface area contributed by atoms with Crippen LogP contribution in [0.15, 0.2) is 72.9 Å². The van der Waals surface area contributed by atoms with Gasteiger partial charge in [0.1, 0.15) is 0 Å². The van der Waals surface area contributed by atoms with E-state index >= 15 is 0 Å². The van der Waals surface area contributed by atoms with Gasteiger partial charge in [0, 0.05) is 11.6 Å². The van der Waals surface area contributed by atoms with Crippen molar-refractivity contribution in [1.29, 1.82) is 0 Å².